The quantitative estimate of drug-likeness (QED) is 0.294. The number of carbonyl (C=O) groups is 2. The van der Waals surface area contributed by atoms with Gasteiger partial charge in [0.05, 0.1) is 5.56 Å². The number of benzene rings is 2. The zero-order valence-electron chi connectivity index (χ0n) is 22.3. The maximum atomic E-state index is 13.2. The summed E-state index contributed by atoms with van der Waals surface area (Å²) in [7, 11) is 1.84. The first-order valence-electron chi connectivity index (χ1n) is 13.4. The molecule has 5 rings (SSSR count). The van der Waals surface area contributed by atoms with Gasteiger partial charge in [-0.2, -0.15) is 0 Å². The number of carbonyl (C=O) groups excluding carboxylic acids is 2. The van der Waals surface area contributed by atoms with Crippen molar-refractivity contribution in [1.29, 1.82) is 5.41 Å². The molecule has 1 aliphatic heterocycles. The molecular weight excluding hydrogens is 488 g/mol. The number of aromatic nitrogens is 1. The maximum Gasteiger partial charge on any atom is 0.257 e. The van der Waals surface area contributed by atoms with Crippen LogP contribution in [0.3, 0.4) is 0 Å². The molecule has 4 N–H and O–H groups in total. The standard InChI is InChI=1S/C31H34N6O2/c1-20-6-7-23(16-28(20)36-30(38)24-12-13-29(34-17-24)35-26-4-3-5-26)31(39)37-18-25(19-37)21-8-10-22(11-9-21)27(33-2)14-15-32/h6-17,25-26,32-33H,3-5,18-19H2,1-2H3,(H,34,35)(H,36,38)/b27-14-,32-15?. The van der Waals surface area contributed by atoms with Gasteiger partial charge in [0.25, 0.3) is 11.8 Å². The summed E-state index contributed by atoms with van der Waals surface area (Å²) in [4.78, 5) is 32.3. The Morgan fingerprint density at radius 2 is 1.72 bits per heavy atom. The third-order valence-corrected chi connectivity index (χ3v) is 7.60. The number of likely N-dealkylation sites (tertiary alicyclic amines) is 1. The summed E-state index contributed by atoms with van der Waals surface area (Å²) in [5.41, 5.74) is 5.62. The molecule has 1 saturated carbocycles. The van der Waals surface area contributed by atoms with Crippen LogP contribution in [-0.4, -0.2) is 54.1 Å². The van der Waals surface area contributed by atoms with Crippen molar-refractivity contribution in [1.82, 2.24) is 15.2 Å². The first kappa shape index (κ1) is 26.2. The highest BCUT2D eigenvalue weighted by Gasteiger charge is 2.32. The van der Waals surface area contributed by atoms with E-state index in [2.05, 4.69) is 33.1 Å². The molecule has 2 amide bonds. The second-order valence-corrected chi connectivity index (χ2v) is 10.2. The molecule has 8 heteroatoms. The van der Waals surface area contributed by atoms with Gasteiger partial charge >= 0.3 is 0 Å². The Labute approximate surface area is 229 Å². The molecule has 3 aromatic rings. The second kappa shape index (κ2) is 11.5. The number of allylic oxidation sites excluding steroid dienone is 1. The Hall–Kier alpha value is -4.46. The maximum absolute atomic E-state index is 13.2. The van der Waals surface area contributed by atoms with Gasteiger partial charge in [-0.05, 0) is 73.2 Å². The monoisotopic (exact) mass is 522 g/mol. The molecule has 1 aliphatic carbocycles. The van der Waals surface area contributed by atoms with E-state index in [0.717, 1.165) is 35.5 Å². The predicted molar refractivity (Wildman–Crippen MR) is 156 cm³/mol. The minimum absolute atomic E-state index is 0.0437. The van der Waals surface area contributed by atoms with Gasteiger partial charge in [-0.1, -0.05) is 30.3 Å². The Balaban J connectivity index is 1.19. The van der Waals surface area contributed by atoms with Crippen LogP contribution < -0.4 is 16.0 Å². The Bertz CT molecular complexity index is 1390. The third-order valence-electron chi connectivity index (χ3n) is 7.60. The van der Waals surface area contributed by atoms with Gasteiger partial charge in [0.15, 0.2) is 0 Å². The Morgan fingerprint density at radius 1 is 1.00 bits per heavy atom. The van der Waals surface area contributed by atoms with Gasteiger partial charge in [0.1, 0.15) is 5.82 Å². The number of nitrogens with one attached hydrogen (secondary N) is 4. The van der Waals surface area contributed by atoms with Crippen LogP contribution in [0.5, 0.6) is 0 Å². The minimum atomic E-state index is -0.255. The lowest BCUT2D eigenvalue weighted by Crippen LogP contribution is -2.48. The lowest BCUT2D eigenvalue weighted by atomic mass is 9.90. The van der Waals surface area contributed by atoms with E-state index < -0.39 is 0 Å². The van der Waals surface area contributed by atoms with E-state index in [4.69, 9.17) is 5.41 Å². The minimum Gasteiger partial charge on any atom is -0.388 e. The molecule has 1 saturated heterocycles. The lowest BCUT2D eigenvalue weighted by molar-refractivity contribution is 0.0602. The molecule has 2 aliphatic rings. The Kier molecular flexibility index (Phi) is 7.72. The van der Waals surface area contributed by atoms with Crippen molar-refractivity contribution < 1.29 is 9.59 Å². The number of nitrogens with zero attached hydrogens (tertiary/aromatic N) is 2. The molecular formula is C31H34N6O2. The van der Waals surface area contributed by atoms with E-state index in [1.807, 2.05) is 49.2 Å². The normalized spacial score (nSPS) is 15.6. The highest BCUT2D eigenvalue weighted by atomic mass is 16.2. The second-order valence-electron chi connectivity index (χ2n) is 10.2. The van der Waals surface area contributed by atoms with E-state index >= 15 is 0 Å². The van der Waals surface area contributed by atoms with Crippen LogP contribution in [-0.2, 0) is 0 Å². The average Bonchev–Trinajstić information content (AvgIpc) is 2.90. The van der Waals surface area contributed by atoms with Crippen LogP contribution in [0.15, 0.2) is 66.9 Å². The smallest absolute Gasteiger partial charge is 0.257 e. The summed E-state index contributed by atoms with van der Waals surface area (Å²) in [6.45, 7) is 3.21. The molecule has 8 nitrogen and oxygen atoms in total. The molecule has 0 bridgehead atoms. The zero-order chi connectivity index (χ0) is 27.4. The largest absolute Gasteiger partial charge is 0.388 e. The number of aryl methyl sites for hydroxylation is 1. The van der Waals surface area contributed by atoms with Crippen molar-refractivity contribution in [2.45, 2.75) is 38.1 Å². The average molecular weight is 523 g/mol. The van der Waals surface area contributed by atoms with Crippen molar-refractivity contribution in [3.63, 3.8) is 0 Å². The fourth-order valence-electron chi connectivity index (χ4n) is 4.84. The molecule has 2 heterocycles. The lowest BCUT2D eigenvalue weighted by Gasteiger charge is -2.39. The zero-order valence-corrected chi connectivity index (χ0v) is 22.3. The van der Waals surface area contributed by atoms with E-state index in [1.165, 1.54) is 18.2 Å². The SMILES string of the molecule is CN/C(=C\C=N)c1ccc(C2CN(C(=O)c3ccc(C)c(NC(=O)c4ccc(NC5CCC5)nc4)c3)C2)cc1. The molecule has 0 atom stereocenters. The molecule has 0 spiro atoms. The van der Waals surface area contributed by atoms with Gasteiger partial charge in [-0.3, -0.25) is 9.59 Å². The number of amides is 2. The van der Waals surface area contributed by atoms with Crippen LogP contribution >= 0.6 is 0 Å². The molecule has 1 aromatic heterocycles. The molecule has 2 fully saturated rings. The van der Waals surface area contributed by atoms with Crippen LogP contribution in [0.4, 0.5) is 11.5 Å². The van der Waals surface area contributed by atoms with Gasteiger partial charge in [-0.25, -0.2) is 4.98 Å². The van der Waals surface area contributed by atoms with Crippen LogP contribution in [0, 0.1) is 12.3 Å². The van der Waals surface area contributed by atoms with Crippen LogP contribution in [0.25, 0.3) is 5.70 Å². The summed E-state index contributed by atoms with van der Waals surface area (Å²) >= 11 is 0. The molecule has 200 valence electrons. The molecule has 39 heavy (non-hydrogen) atoms. The summed E-state index contributed by atoms with van der Waals surface area (Å²) in [6.07, 6.45) is 8.13. The first-order valence-corrected chi connectivity index (χ1v) is 13.4. The van der Waals surface area contributed by atoms with E-state index in [1.54, 1.807) is 24.4 Å². The highest BCUT2D eigenvalue weighted by molar-refractivity contribution is 6.05. The summed E-state index contributed by atoms with van der Waals surface area (Å²) in [5, 5.41) is 16.7. The molecule has 0 unspecified atom stereocenters. The van der Waals surface area contributed by atoms with Crippen molar-refractivity contribution in [3.05, 3.63) is 94.7 Å². The fraction of sp³-hybridized carbons (Fsp3) is 0.290. The summed E-state index contributed by atoms with van der Waals surface area (Å²) in [5.74, 6) is 0.769. The van der Waals surface area contributed by atoms with Gasteiger partial charge in [0.2, 0.25) is 0 Å². The molecule has 2 aromatic carbocycles. The molecule has 0 radical (unpaired) electrons. The third kappa shape index (κ3) is 5.85. The van der Waals surface area contributed by atoms with Crippen molar-refractivity contribution in [3.8, 4) is 0 Å². The summed E-state index contributed by atoms with van der Waals surface area (Å²) < 4.78 is 0. The number of rotatable bonds is 9. The Morgan fingerprint density at radius 3 is 2.33 bits per heavy atom. The van der Waals surface area contributed by atoms with E-state index in [0.29, 0.717) is 35.9 Å². The van der Waals surface area contributed by atoms with Crippen molar-refractivity contribution in [2.24, 2.45) is 0 Å². The van der Waals surface area contributed by atoms with Gasteiger partial charge < -0.3 is 26.3 Å². The van der Waals surface area contributed by atoms with E-state index in [9.17, 15) is 9.59 Å². The number of pyridine rings is 1. The van der Waals surface area contributed by atoms with Gasteiger partial charge in [-0.15, -0.1) is 0 Å². The van der Waals surface area contributed by atoms with E-state index in [-0.39, 0.29) is 17.7 Å². The van der Waals surface area contributed by atoms with Crippen LogP contribution in [0.2, 0.25) is 0 Å². The first-order chi connectivity index (χ1) is 18.9. The fourth-order valence-corrected chi connectivity index (χ4v) is 4.84. The summed E-state index contributed by atoms with van der Waals surface area (Å²) in [6, 6.07) is 17.8. The highest BCUT2D eigenvalue weighted by Crippen LogP contribution is 2.30. The van der Waals surface area contributed by atoms with Gasteiger partial charge in [0, 0.05) is 61.5 Å². The number of anilines is 2. The van der Waals surface area contributed by atoms with Crippen LogP contribution in [0.1, 0.15) is 62.6 Å². The van der Waals surface area contributed by atoms with Crippen molar-refractivity contribution >= 4 is 35.2 Å². The van der Waals surface area contributed by atoms with Crippen molar-refractivity contribution in [2.75, 3.05) is 30.8 Å². The number of hydrogen-bond acceptors (Lipinski definition) is 6. The number of hydrogen-bond donors (Lipinski definition) is 4. The topological polar surface area (TPSA) is 110 Å². The predicted octanol–water partition coefficient (Wildman–Crippen LogP) is 5.06.